The number of halogens is 1. The van der Waals surface area contributed by atoms with Gasteiger partial charge in [0.25, 0.3) is 5.56 Å². The lowest BCUT2D eigenvalue weighted by molar-refractivity contribution is 0.111. The Hall–Kier alpha value is -2.31. The summed E-state index contributed by atoms with van der Waals surface area (Å²) in [7, 11) is 0. The third-order valence-corrected chi connectivity index (χ3v) is 1.71. The van der Waals surface area contributed by atoms with Gasteiger partial charge in [0.1, 0.15) is 17.8 Å². The van der Waals surface area contributed by atoms with Gasteiger partial charge in [-0.25, -0.2) is 14.1 Å². The molecule has 2 heterocycles. The van der Waals surface area contributed by atoms with E-state index in [9.17, 15) is 14.0 Å². The van der Waals surface area contributed by atoms with Crippen molar-refractivity contribution < 1.29 is 9.18 Å². The molecule has 1 N–H and O–H groups in total. The number of carbonyl (C=O) groups excluding carboxylic acids is 1. The SMILES string of the molecule is O=Cc1ncn(-c2cc(F)c[nH]c2=O)n1. The fourth-order valence-electron chi connectivity index (χ4n) is 1.06. The number of rotatable bonds is 2. The summed E-state index contributed by atoms with van der Waals surface area (Å²) in [5.74, 6) is -0.675. The Balaban J connectivity index is 2.57. The van der Waals surface area contributed by atoms with Crippen LogP contribution in [0, 0.1) is 5.82 Å². The molecule has 0 spiro atoms. The third-order valence-electron chi connectivity index (χ3n) is 1.71. The van der Waals surface area contributed by atoms with Gasteiger partial charge in [-0.2, -0.15) is 0 Å². The Labute approximate surface area is 82.4 Å². The number of aromatic amines is 1. The Kier molecular flexibility index (Phi) is 2.13. The van der Waals surface area contributed by atoms with Crippen LogP contribution in [0.15, 0.2) is 23.4 Å². The Morgan fingerprint density at radius 2 is 2.33 bits per heavy atom. The smallest absolute Gasteiger partial charge is 0.274 e. The first kappa shape index (κ1) is 9.25. The van der Waals surface area contributed by atoms with Gasteiger partial charge in [-0.05, 0) is 0 Å². The lowest BCUT2D eigenvalue weighted by atomic mass is 10.4. The van der Waals surface area contributed by atoms with Gasteiger partial charge in [0.15, 0.2) is 6.29 Å². The maximum Gasteiger partial charge on any atom is 0.274 e. The number of hydrogen-bond acceptors (Lipinski definition) is 4. The molecule has 15 heavy (non-hydrogen) atoms. The van der Waals surface area contributed by atoms with Crippen LogP contribution in [0.25, 0.3) is 5.69 Å². The van der Waals surface area contributed by atoms with Crippen LogP contribution in [0.1, 0.15) is 10.6 Å². The molecule has 0 saturated heterocycles. The van der Waals surface area contributed by atoms with Crippen molar-refractivity contribution in [3.05, 3.63) is 40.6 Å². The number of nitrogens with zero attached hydrogens (tertiary/aromatic N) is 3. The van der Waals surface area contributed by atoms with Gasteiger partial charge < -0.3 is 4.98 Å². The molecule has 2 aromatic heterocycles. The van der Waals surface area contributed by atoms with Crippen LogP contribution in [-0.2, 0) is 0 Å². The third kappa shape index (κ3) is 1.66. The topological polar surface area (TPSA) is 80.6 Å². The number of aromatic nitrogens is 4. The molecule has 0 fully saturated rings. The van der Waals surface area contributed by atoms with E-state index in [-0.39, 0.29) is 11.5 Å². The van der Waals surface area contributed by atoms with Gasteiger partial charge in [0.05, 0.1) is 0 Å². The highest BCUT2D eigenvalue weighted by Gasteiger charge is 2.06. The maximum absolute atomic E-state index is 12.8. The van der Waals surface area contributed by atoms with Gasteiger partial charge in [-0.3, -0.25) is 9.59 Å². The molecule has 0 unspecified atom stereocenters. The highest BCUT2D eigenvalue weighted by Crippen LogP contribution is 2.00. The summed E-state index contributed by atoms with van der Waals surface area (Å²) < 4.78 is 13.9. The largest absolute Gasteiger partial charge is 0.324 e. The molecule has 0 aliphatic heterocycles. The molecular weight excluding hydrogens is 203 g/mol. The van der Waals surface area contributed by atoms with E-state index in [4.69, 9.17) is 0 Å². The van der Waals surface area contributed by atoms with Crippen molar-refractivity contribution in [1.29, 1.82) is 0 Å². The van der Waals surface area contributed by atoms with Crippen LogP contribution >= 0.6 is 0 Å². The van der Waals surface area contributed by atoms with Crippen LogP contribution in [-0.4, -0.2) is 26.0 Å². The number of carbonyl (C=O) groups is 1. The molecular formula is C8H5FN4O2. The molecule has 0 aromatic carbocycles. The van der Waals surface area contributed by atoms with Gasteiger partial charge in [-0.15, -0.1) is 5.10 Å². The number of aldehydes is 1. The molecule has 0 saturated carbocycles. The zero-order valence-electron chi connectivity index (χ0n) is 7.35. The van der Waals surface area contributed by atoms with Gasteiger partial charge >= 0.3 is 0 Å². The molecule has 0 radical (unpaired) electrons. The van der Waals surface area contributed by atoms with Crippen LogP contribution in [0.4, 0.5) is 4.39 Å². The summed E-state index contributed by atoms with van der Waals surface area (Å²) in [4.78, 5) is 27.4. The second-order valence-corrected chi connectivity index (χ2v) is 2.70. The van der Waals surface area contributed by atoms with E-state index in [2.05, 4.69) is 15.1 Å². The van der Waals surface area contributed by atoms with E-state index in [1.54, 1.807) is 0 Å². The fraction of sp³-hybridized carbons (Fsp3) is 0. The Morgan fingerprint density at radius 1 is 1.53 bits per heavy atom. The quantitative estimate of drug-likeness (QED) is 0.699. The number of H-pyrrole nitrogens is 1. The lowest BCUT2D eigenvalue weighted by Crippen LogP contribution is -2.15. The lowest BCUT2D eigenvalue weighted by Gasteiger charge is -1.97. The molecule has 0 atom stereocenters. The first-order valence-corrected chi connectivity index (χ1v) is 3.96. The van der Waals surface area contributed by atoms with Gasteiger partial charge in [0.2, 0.25) is 5.82 Å². The molecule has 0 amide bonds. The predicted molar refractivity (Wildman–Crippen MR) is 47.3 cm³/mol. The summed E-state index contributed by atoms with van der Waals surface area (Å²) in [6, 6.07) is 1.00. The number of hydrogen-bond donors (Lipinski definition) is 1. The summed E-state index contributed by atoms with van der Waals surface area (Å²) in [5.41, 5.74) is -0.547. The van der Waals surface area contributed by atoms with E-state index in [0.717, 1.165) is 23.3 Å². The molecule has 0 aliphatic carbocycles. The van der Waals surface area contributed by atoms with Crippen LogP contribution < -0.4 is 5.56 Å². The molecule has 0 aliphatic rings. The first-order chi connectivity index (χ1) is 7.20. The van der Waals surface area contributed by atoms with Crippen molar-refractivity contribution in [2.75, 3.05) is 0 Å². The second kappa shape index (κ2) is 3.45. The van der Waals surface area contributed by atoms with E-state index >= 15 is 0 Å². The predicted octanol–water partition coefficient (Wildman–Crippen LogP) is -0.0928. The average Bonchev–Trinajstić information content (AvgIpc) is 2.70. The van der Waals surface area contributed by atoms with Crippen molar-refractivity contribution >= 4 is 6.29 Å². The second-order valence-electron chi connectivity index (χ2n) is 2.70. The van der Waals surface area contributed by atoms with E-state index < -0.39 is 11.4 Å². The normalized spacial score (nSPS) is 10.2. The Bertz CT molecular complexity index is 560. The molecule has 0 bridgehead atoms. The minimum atomic E-state index is -0.604. The van der Waals surface area contributed by atoms with Gasteiger partial charge in [0, 0.05) is 12.3 Å². The number of pyridine rings is 1. The van der Waals surface area contributed by atoms with Crippen LogP contribution in [0.2, 0.25) is 0 Å². The summed E-state index contributed by atoms with van der Waals surface area (Å²) in [6.07, 6.45) is 2.53. The minimum absolute atomic E-state index is 0.0319. The molecule has 6 nitrogen and oxygen atoms in total. The fourth-order valence-corrected chi connectivity index (χ4v) is 1.06. The summed E-state index contributed by atoms with van der Waals surface area (Å²) >= 11 is 0. The van der Waals surface area contributed by atoms with Crippen LogP contribution in [0.3, 0.4) is 0 Å². The Morgan fingerprint density at radius 3 is 3.00 bits per heavy atom. The monoisotopic (exact) mass is 208 g/mol. The molecule has 2 aromatic rings. The molecule has 2 rings (SSSR count). The highest BCUT2D eigenvalue weighted by atomic mass is 19.1. The van der Waals surface area contributed by atoms with E-state index in [1.165, 1.54) is 0 Å². The van der Waals surface area contributed by atoms with Gasteiger partial charge in [-0.1, -0.05) is 0 Å². The van der Waals surface area contributed by atoms with Crippen molar-refractivity contribution in [2.45, 2.75) is 0 Å². The average molecular weight is 208 g/mol. The standard InChI is InChI=1S/C8H5FN4O2/c9-5-1-6(8(15)10-2-5)13-4-11-7(3-14)12-13/h1-4H,(H,10,15). The molecule has 76 valence electrons. The summed E-state index contributed by atoms with van der Waals surface area (Å²) in [6.45, 7) is 0. The number of nitrogens with one attached hydrogen (secondary N) is 1. The van der Waals surface area contributed by atoms with E-state index in [1.807, 2.05) is 0 Å². The summed E-state index contributed by atoms with van der Waals surface area (Å²) in [5, 5.41) is 3.65. The zero-order valence-corrected chi connectivity index (χ0v) is 7.35. The van der Waals surface area contributed by atoms with Crippen LogP contribution in [0.5, 0.6) is 0 Å². The van der Waals surface area contributed by atoms with Crippen molar-refractivity contribution in [2.24, 2.45) is 0 Å². The van der Waals surface area contributed by atoms with Crippen molar-refractivity contribution in [3.63, 3.8) is 0 Å². The van der Waals surface area contributed by atoms with Crippen molar-refractivity contribution in [3.8, 4) is 5.69 Å². The first-order valence-electron chi connectivity index (χ1n) is 3.96. The van der Waals surface area contributed by atoms with E-state index in [0.29, 0.717) is 6.29 Å². The minimum Gasteiger partial charge on any atom is -0.324 e. The zero-order chi connectivity index (χ0) is 10.8. The highest BCUT2D eigenvalue weighted by molar-refractivity contribution is 5.68. The van der Waals surface area contributed by atoms with Crippen molar-refractivity contribution in [1.82, 2.24) is 19.7 Å². The molecule has 7 heteroatoms. The maximum atomic E-state index is 12.8.